The number of aryl methyl sites for hydroxylation is 1. The molecule has 0 spiro atoms. The first kappa shape index (κ1) is 14.1. The molecule has 3 heterocycles. The molecule has 0 radical (unpaired) electrons. The number of sulfonamides is 1. The summed E-state index contributed by atoms with van der Waals surface area (Å²) in [4.78, 5) is 7.94. The van der Waals surface area contributed by atoms with E-state index in [1.807, 2.05) is 0 Å². The predicted molar refractivity (Wildman–Crippen MR) is 75.5 cm³/mol. The Morgan fingerprint density at radius 3 is 2.95 bits per heavy atom. The van der Waals surface area contributed by atoms with Crippen molar-refractivity contribution in [3.8, 4) is 0 Å². The first-order valence-electron chi connectivity index (χ1n) is 6.01. The van der Waals surface area contributed by atoms with Gasteiger partial charge in [-0.1, -0.05) is 17.7 Å². The van der Waals surface area contributed by atoms with E-state index in [0.29, 0.717) is 11.4 Å². The summed E-state index contributed by atoms with van der Waals surface area (Å²) >= 11 is 5.95. The number of aromatic nitrogens is 3. The van der Waals surface area contributed by atoms with Crippen LogP contribution in [0.3, 0.4) is 0 Å². The fraction of sp³-hybridized carbons (Fsp3) is 0.167. The fourth-order valence-corrected chi connectivity index (χ4v) is 3.51. The van der Waals surface area contributed by atoms with Gasteiger partial charge in [0, 0.05) is 6.20 Å². The monoisotopic (exact) mass is 326 g/mol. The van der Waals surface area contributed by atoms with Gasteiger partial charge >= 0.3 is 0 Å². The molecule has 0 aliphatic heterocycles. The molecule has 0 saturated carbocycles. The van der Waals surface area contributed by atoms with Crippen LogP contribution in [0.4, 0.5) is 0 Å². The summed E-state index contributed by atoms with van der Waals surface area (Å²) in [6.07, 6.45) is 3.10. The average Bonchev–Trinajstić information content (AvgIpc) is 2.99. The van der Waals surface area contributed by atoms with Crippen LogP contribution in [0.2, 0.25) is 5.15 Å². The Hall–Kier alpha value is -1.90. The number of halogens is 1. The van der Waals surface area contributed by atoms with Crippen molar-refractivity contribution >= 4 is 27.3 Å². The van der Waals surface area contributed by atoms with Crippen LogP contribution in [0.5, 0.6) is 0 Å². The minimum absolute atomic E-state index is 0.0629. The minimum atomic E-state index is -3.84. The van der Waals surface area contributed by atoms with E-state index >= 15 is 0 Å². The molecule has 0 aromatic carbocycles. The van der Waals surface area contributed by atoms with Crippen molar-refractivity contribution in [2.24, 2.45) is 0 Å². The highest BCUT2D eigenvalue weighted by Gasteiger charge is 2.24. The fourth-order valence-electron chi connectivity index (χ4n) is 1.89. The van der Waals surface area contributed by atoms with E-state index in [2.05, 4.69) is 14.7 Å². The molecule has 0 aliphatic carbocycles. The standard InChI is InChI=1S/C12H11ClN4O3S/c1-8-6-14-10(20-8)7-15-21(18,19)12-11(13)16-9-4-2-3-5-17(9)12/h2-6,15H,7H2,1H3. The largest absolute Gasteiger partial charge is 0.445 e. The first-order valence-corrected chi connectivity index (χ1v) is 7.87. The third-order valence-corrected chi connectivity index (χ3v) is 4.58. The van der Waals surface area contributed by atoms with Crippen LogP contribution in [-0.4, -0.2) is 22.8 Å². The molecule has 0 aliphatic rings. The molecular formula is C12H11ClN4O3S. The second-order valence-corrected chi connectivity index (χ2v) is 6.37. The van der Waals surface area contributed by atoms with Gasteiger partial charge in [0.2, 0.25) is 5.89 Å². The van der Waals surface area contributed by atoms with E-state index in [0.717, 1.165) is 0 Å². The summed E-state index contributed by atoms with van der Waals surface area (Å²) in [5.74, 6) is 0.887. The van der Waals surface area contributed by atoms with Crippen LogP contribution >= 0.6 is 11.6 Å². The molecule has 0 unspecified atom stereocenters. The maximum Gasteiger partial charge on any atom is 0.260 e. The van der Waals surface area contributed by atoms with Crippen LogP contribution in [0.15, 0.2) is 40.0 Å². The van der Waals surface area contributed by atoms with E-state index < -0.39 is 10.0 Å². The highest BCUT2D eigenvalue weighted by Crippen LogP contribution is 2.22. The van der Waals surface area contributed by atoms with Crippen molar-refractivity contribution < 1.29 is 12.8 Å². The van der Waals surface area contributed by atoms with E-state index in [4.69, 9.17) is 16.0 Å². The predicted octanol–water partition coefficient (Wildman–Crippen LogP) is 1.76. The van der Waals surface area contributed by atoms with Gasteiger partial charge in [0.15, 0.2) is 10.2 Å². The lowest BCUT2D eigenvalue weighted by Crippen LogP contribution is -2.25. The Balaban J connectivity index is 1.95. The van der Waals surface area contributed by atoms with Gasteiger partial charge in [-0.2, -0.15) is 0 Å². The molecule has 0 atom stereocenters. The maximum absolute atomic E-state index is 12.4. The van der Waals surface area contributed by atoms with Gasteiger partial charge in [-0.15, -0.1) is 0 Å². The van der Waals surface area contributed by atoms with Gasteiger partial charge in [0.1, 0.15) is 11.4 Å². The van der Waals surface area contributed by atoms with Crippen LogP contribution in [0.1, 0.15) is 11.7 Å². The second kappa shape index (κ2) is 5.14. The molecule has 9 heteroatoms. The number of rotatable bonds is 4. The number of hydrogen-bond donors (Lipinski definition) is 1. The smallest absolute Gasteiger partial charge is 0.260 e. The molecule has 21 heavy (non-hydrogen) atoms. The summed E-state index contributed by atoms with van der Waals surface area (Å²) in [5, 5.41) is -0.194. The van der Waals surface area contributed by atoms with Crippen molar-refractivity contribution in [2.45, 2.75) is 18.5 Å². The number of oxazole rings is 1. The lowest BCUT2D eigenvalue weighted by atomic mass is 10.5. The number of nitrogens with one attached hydrogen (secondary N) is 1. The minimum Gasteiger partial charge on any atom is -0.445 e. The zero-order chi connectivity index (χ0) is 15.0. The SMILES string of the molecule is Cc1cnc(CNS(=O)(=O)c2c(Cl)nc3ccccn23)o1. The van der Waals surface area contributed by atoms with E-state index in [-0.39, 0.29) is 22.6 Å². The normalized spacial score (nSPS) is 12.1. The average molecular weight is 327 g/mol. The van der Waals surface area contributed by atoms with Gasteiger partial charge in [-0.05, 0) is 19.1 Å². The number of imidazole rings is 1. The first-order chi connectivity index (χ1) is 9.97. The van der Waals surface area contributed by atoms with Crippen molar-refractivity contribution in [1.82, 2.24) is 19.1 Å². The van der Waals surface area contributed by atoms with Crippen molar-refractivity contribution in [3.05, 3.63) is 47.4 Å². The zero-order valence-corrected chi connectivity index (χ0v) is 12.5. The van der Waals surface area contributed by atoms with Gasteiger partial charge in [-0.3, -0.25) is 4.40 Å². The zero-order valence-electron chi connectivity index (χ0n) is 10.9. The molecule has 3 aromatic heterocycles. The molecule has 7 nitrogen and oxygen atoms in total. The summed E-state index contributed by atoms with van der Waals surface area (Å²) in [5.41, 5.74) is 0.454. The second-order valence-electron chi connectivity index (χ2n) is 4.33. The molecule has 3 rings (SSSR count). The topological polar surface area (TPSA) is 89.5 Å². The molecule has 1 N–H and O–H groups in total. The summed E-state index contributed by atoms with van der Waals surface area (Å²) < 4.78 is 33.8. The van der Waals surface area contributed by atoms with Crippen LogP contribution < -0.4 is 4.72 Å². The highest BCUT2D eigenvalue weighted by atomic mass is 35.5. The van der Waals surface area contributed by atoms with Gasteiger partial charge in [-0.25, -0.2) is 23.1 Å². The van der Waals surface area contributed by atoms with Crippen LogP contribution in [0, 0.1) is 6.92 Å². The quantitative estimate of drug-likeness (QED) is 0.789. The van der Waals surface area contributed by atoms with Crippen LogP contribution in [-0.2, 0) is 16.6 Å². The lowest BCUT2D eigenvalue weighted by molar-refractivity contribution is 0.463. The van der Waals surface area contributed by atoms with E-state index in [9.17, 15) is 8.42 Å². The number of pyridine rings is 1. The van der Waals surface area contributed by atoms with Gasteiger partial charge < -0.3 is 4.42 Å². The molecule has 0 bridgehead atoms. The number of hydrogen-bond acceptors (Lipinski definition) is 5. The van der Waals surface area contributed by atoms with E-state index in [1.54, 1.807) is 31.3 Å². The molecule has 0 saturated heterocycles. The Morgan fingerprint density at radius 2 is 2.24 bits per heavy atom. The van der Waals surface area contributed by atoms with E-state index in [1.165, 1.54) is 10.6 Å². The maximum atomic E-state index is 12.4. The highest BCUT2D eigenvalue weighted by molar-refractivity contribution is 7.89. The Kier molecular flexibility index (Phi) is 3.44. The summed E-state index contributed by atoms with van der Waals surface area (Å²) in [6, 6.07) is 5.11. The Labute approximate surface area is 125 Å². The molecule has 3 aromatic rings. The summed E-state index contributed by atoms with van der Waals surface area (Å²) in [7, 11) is -3.84. The third kappa shape index (κ3) is 2.65. The van der Waals surface area contributed by atoms with Gasteiger partial charge in [0.05, 0.1) is 12.7 Å². The third-order valence-electron chi connectivity index (χ3n) is 2.78. The Morgan fingerprint density at radius 1 is 1.43 bits per heavy atom. The van der Waals surface area contributed by atoms with Crippen LogP contribution in [0.25, 0.3) is 5.65 Å². The van der Waals surface area contributed by atoms with Crippen molar-refractivity contribution in [3.63, 3.8) is 0 Å². The summed E-state index contributed by atoms with van der Waals surface area (Å²) in [6.45, 7) is 1.67. The van der Waals surface area contributed by atoms with Crippen molar-refractivity contribution in [1.29, 1.82) is 0 Å². The van der Waals surface area contributed by atoms with Crippen molar-refractivity contribution in [2.75, 3.05) is 0 Å². The molecular weight excluding hydrogens is 316 g/mol. The lowest BCUT2D eigenvalue weighted by Gasteiger charge is -2.05. The Bertz CT molecular complexity index is 900. The molecule has 0 fully saturated rings. The number of fused-ring (bicyclic) bond motifs is 1. The molecule has 110 valence electrons. The molecule has 0 amide bonds. The van der Waals surface area contributed by atoms with Gasteiger partial charge in [0.25, 0.3) is 10.0 Å². The number of nitrogens with zero attached hydrogens (tertiary/aromatic N) is 3.